The molecular weight excluding hydrogens is 451 g/mol. The summed E-state index contributed by atoms with van der Waals surface area (Å²) in [5.74, 6) is 0. The molecule has 0 aliphatic rings. The van der Waals surface area contributed by atoms with E-state index in [4.69, 9.17) is 10.3 Å². The monoisotopic (exact) mass is 490 g/mol. The highest BCUT2D eigenvalue weighted by atomic mass is 31.1. The van der Waals surface area contributed by atoms with E-state index >= 15 is 0 Å². The molecule has 0 aliphatic heterocycles. The smallest absolute Gasteiger partial charge is 0.0962 e. The van der Waals surface area contributed by atoms with Gasteiger partial charge in [-0.05, 0) is 43.9 Å². The molecule has 0 saturated carbocycles. The lowest BCUT2D eigenvalue weighted by Crippen LogP contribution is -2.21. The molecule has 0 aromatic heterocycles. The van der Waals surface area contributed by atoms with Crippen molar-refractivity contribution in [3.63, 3.8) is 0 Å². The maximum atomic E-state index is 10.4. The van der Waals surface area contributed by atoms with Crippen LogP contribution in [0.5, 0.6) is 0 Å². The van der Waals surface area contributed by atoms with Gasteiger partial charge >= 0.3 is 0 Å². The summed E-state index contributed by atoms with van der Waals surface area (Å²) in [5.41, 5.74) is 8.51. The largest absolute Gasteiger partial charge is 0.399 e. The zero-order chi connectivity index (χ0) is 24.7. The van der Waals surface area contributed by atoms with Crippen molar-refractivity contribution in [2.75, 3.05) is 18.9 Å². The number of nitrogen functional groups attached to an aromatic ring is 1. The number of benzene rings is 3. The van der Waals surface area contributed by atoms with Gasteiger partial charge in [-0.15, -0.1) is 0 Å². The number of aliphatic hydroxyl groups excluding tert-OH is 1. The highest BCUT2D eigenvalue weighted by Gasteiger charge is 2.14. The fourth-order valence-corrected chi connectivity index (χ4v) is 5.72. The number of unbranched alkanes of at least 4 members (excludes halogenated alkanes) is 4. The standard InChI is InChI=1S/C30H39N2O2P/c1-2-27(32-24-30(33)25-19-21-26(31)22-20-25)14-8-4-3-5-13-23-34-35(28-15-9-6-10-16-28)29-17-11-7-12-18-29/h2,6-7,9-12,15-22,30,32-33H,3-5,8,13-14,23-24,31H2,1H3/b27-2-/t30-/m0/s1. The third-order valence-electron chi connectivity index (χ3n) is 5.98. The van der Waals surface area contributed by atoms with Gasteiger partial charge in [0.1, 0.15) is 0 Å². The lowest BCUT2D eigenvalue weighted by molar-refractivity contribution is 0.178. The van der Waals surface area contributed by atoms with Crippen LogP contribution in [0.2, 0.25) is 0 Å². The number of anilines is 1. The zero-order valence-corrected chi connectivity index (χ0v) is 21.7. The average molecular weight is 491 g/mol. The van der Waals surface area contributed by atoms with Crippen molar-refractivity contribution in [3.8, 4) is 0 Å². The van der Waals surface area contributed by atoms with Crippen molar-refractivity contribution < 1.29 is 9.63 Å². The Balaban J connectivity index is 1.30. The molecule has 0 fully saturated rings. The van der Waals surface area contributed by atoms with Gasteiger partial charge in [-0.25, -0.2) is 0 Å². The molecule has 1 atom stereocenters. The molecular formula is C30H39N2O2P. The number of aliphatic hydroxyl groups is 1. The van der Waals surface area contributed by atoms with Crippen molar-refractivity contribution in [2.24, 2.45) is 0 Å². The summed E-state index contributed by atoms with van der Waals surface area (Å²) < 4.78 is 6.39. The molecule has 5 heteroatoms. The molecule has 3 rings (SSSR count). The van der Waals surface area contributed by atoms with E-state index in [1.807, 2.05) is 31.2 Å². The van der Waals surface area contributed by atoms with Crippen molar-refractivity contribution in [1.82, 2.24) is 5.32 Å². The van der Waals surface area contributed by atoms with E-state index < -0.39 is 14.3 Å². The molecule has 35 heavy (non-hydrogen) atoms. The van der Waals surface area contributed by atoms with E-state index in [9.17, 15) is 5.11 Å². The van der Waals surface area contributed by atoms with Gasteiger partial charge in [0.25, 0.3) is 0 Å². The van der Waals surface area contributed by atoms with Crippen LogP contribution in [0.25, 0.3) is 0 Å². The first-order chi connectivity index (χ1) is 17.2. The molecule has 0 amide bonds. The predicted octanol–water partition coefficient (Wildman–Crippen LogP) is 6.20. The van der Waals surface area contributed by atoms with Crippen LogP contribution in [0.1, 0.15) is 57.1 Å². The summed E-state index contributed by atoms with van der Waals surface area (Å²) >= 11 is 0. The van der Waals surface area contributed by atoms with E-state index in [0.717, 1.165) is 31.4 Å². The van der Waals surface area contributed by atoms with Crippen LogP contribution in [0, 0.1) is 0 Å². The maximum absolute atomic E-state index is 10.4. The van der Waals surface area contributed by atoms with Crippen molar-refractivity contribution >= 4 is 24.4 Å². The molecule has 0 saturated heterocycles. The summed E-state index contributed by atoms with van der Waals surface area (Å²) in [4.78, 5) is 0. The van der Waals surface area contributed by atoms with Gasteiger partial charge in [0.2, 0.25) is 0 Å². The highest BCUT2D eigenvalue weighted by Crippen LogP contribution is 2.35. The number of hydrogen-bond donors (Lipinski definition) is 3. The Bertz CT molecular complexity index is 954. The van der Waals surface area contributed by atoms with Crippen LogP contribution in [0.3, 0.4) is 0 Å². The minimum Gasteiger partial charge on any atom is -0.399 e. The van der Waals surface area contributed by atoms with Gasteiger partial charge in [-0.3, -0.25) is 0 Å². The third-order valence-corrected chi connectivity index (χ3v) is 7.96. The van der Waals surface area contributed by atoms with E-state index in [1.165, 1.54) is 35.6 Å². The first-order valence-corrected chi connectivity index (χ1v) is 13.9. The number of nitrogens with one attached hydrogen (secondary N) is 1. The molecule has 4 nitrogen and oxygen atoms in total. The van der Waals surface area contributed by atoms with Crippen molar-refractivity contribution in [3.05, 3.63) is 102 Å². The quantitative estimate of drug-likeness (QED) is 0.135. The SMILES string of the molecule is C/C=C(/CCCCCCCOP(c1ccccc1)c1ccccc1)NC[C@H](O)c1ccc(N)cc1. The van der Waals surface area contributed by atoms with Crippen LogP contribution in [-0.4, -0.2) is 18.3 Å². The molecule has 0 radical (unpaired) electrons. The van der Waals surface area contributed by atoms with Gasteiger partial charge in [-0.1, -0.05) is 98.1 Å². The minimum absolute atomic E-state index is 0.507. The molecule has 3 aromatic carbocycles. The second-order valence-corrected chi connectivity index (χ2v) is 10.6. The fourth-order valence-electron chi connectivity index (χ4n) is 3.93. The second-order valence-electron chi connectivity index (χ2n) is 8.69. The molecule has 0 bridgehead atoms. The molecule has 0 unspecified atom stereocenters. The Morgan fingerprint density at radius 3 is 2.03 bits per heavy atom. The Kier molecular flexibility index (Phi) is 11.8. The molecule has 0 spiro atoms. The first kappa shape index (κ1) is 26.9. The van der Waals surface area contributed by atoms with E-state index in [0.29, 0.717) is 12.2 Å². The second kappa shape index (κ2) is 15.4. The summed E-state index contributed by atoms with van der Waals surface area (Å²) in [5, 5.41) is 16.3. The summed E-state index contributed by atoms with van der Waals surface area (Å²) in [6, 6.07) is 28.5. The first-order valence-electron chi connectivity index (χ1n) is 12.6. The summed E-state index contributed by atoms with van der Waals surface area (Å²) in [6.45, 7) is 3.35. The lowest BCUT2D eigenvalue weighted by atomic mass is 10.1. The van der Waals surface area contributed by atoms with Gasteiger partial charge in [0, 0.05) is 28.5 Å². The van der Waals surface area contributed by atoms with Crippen molar-refractivity contribution in [1.29, 1.82) is 0 Å². The Morgan fingerprint density at radius 1 is 0.857 bits per heavy atom. The van der Waals surface area contributed by atoms with Crippen LogP contribution < -0.4 is 21.7 Å². The Hall–Kier alpha value is -2.65. The van der Waals surface area contributed by atoms with Crippen molar-refractivity contribution in [2.45, 2.75) is 51.6 Å². The number of nitrogens with two attached hydrogens (primary N) is 1. The number of allylic oxidation sites excluding steroid dienone is 2. The maximum Gasteiger partial charge on any atom is 0.0962 e. The average Bonchev–Trinajstić information content (AvgIpc) is 2.90. The minimum atomic E-state index is -0.760. The van der Waals surface area contributed by atoms with E-state index in [2.05, 4.69) is 72.1 Å². The van der Waals surface area contributed by atoms with E-state index in [1.54, 1.807) is 0 Å². The summed E-state index contributed by atoms with van der Waals surface area (Å²) in [6.07, 6.45) is 8.40. The molecule has 3 aromatic rings. The van der Waals surface area contributed by atoms with Gasteiger partial charge in [0.15, 0.2) is 0 Å². The summed E-state index contributed by atoms with van der Waals surface area (Å²) in [7, 11) is -0.760. The topological polar surface area (TPSA) is 67.5 Å². The molecule has 4 N–H and O–H groups in total. The Labute approximate surface area is 212 Å². The van der Waals surface area contributed by atoms with Crippen LogP contribution >= 0.6 is 8.15 Å². The fraction of sp³-hybridized carbons (Fsp3) is 0.333. The number of hydrogen-bond acceptors (Lipinski definition) is 4. The highest BCUT2D eigenvalue weighted by molar-refractivity contribution is 7.68. The third kappa shape index (κ3) is 9.49. The van der Waals surface area contributed by atoms with Gasteiger partial charge < -0.3 is 20.7 Å². The van der Waals surface area contributed by atoms with Gasteiger partial charge in [0.05, 0.1) is 20.9 Å². The van der Waals surface area contributed by atoms with Crippen LogP contribution in [0.4, 0.5) is 5.69 Å². The van der Waals surface area contributed by atoms with Gasteiger partial charge in [-0.2, -0.15) is 0 Å². The van der Waals surface area contributed by atoms with Crippen LogP contribution in [-0.2, 0) is 4.52 Å². The molecule has 186 valence electrons. The lowest BCUT2D eigenvalue weighted by Gasteiger charge is -2.18. The normalized spacial score (nSPS) is 12.6. The Morgan fingerprint density at radius 2 is 1.43 bits per heavy atom. The number of rotatable bonds is 15. The van der Waals surface area contributed by atoms with Crippen LogP contribution in [0.15, 0.2) is 96.7 Å². The predicted molar refractivity (Wildman–Crippen MR) is 150 cm³/mol. The molecule has 0 aliphatic carbocycles. The zero-order valence-electron chi connectivity index (χ0n) is 20.8. The van der Waals surface area contributed by atoms with E-state index in [-0.39, 0.29) is 0 Å². The molecule has 0 heterocycles.